The first-order valence-corrected chi connectivity index (χ1v) is 6.90. The van der Waals surface area contributed by atoms with Crippen LogP contribution in [0, 0.1) is 16.0 Å². The summed E-state index contributed by atoms with van der Waals surface area (Å²) >= 11 is 1.19. The summed E-state index contributed by atoms with van der Waals surface area (Å²) in [5.74, 6) is 0.773. The molecule has 0 aliphatic rings. The Morgan fingerprint density at radius 3 is 2.82 bits per heavy atom. The topological polar surface area (TPSA) is 55.2 Å². The molecule has 0 saturated carbocycles. The lowest BCUT2D eigenvalue weighted by atomic mass is 10.1. The molecular formula is C12H20N2O2S. The highest BCUT2D eigenvalue weighted by Gasteiger charge is 2.08. The van der Waals surface area contributed by atoms with E-state index in [1.165, 1.54) is 30.6 Å². The van der Waals surface area contributed by atoms with Crippen molar-refractivity contribution in [1.29, 1.82) is 0 Å². The van der Waals surface area contributed by atoms with Crippen LogP contribution in [0.3, 0.4) is 0 Å². The number of thiophene rings is 1. The van der Waals surface area contributed by atoms with Gasteiger partial charge in [0.2, 0.25) is 0 Å². The van der Waals surface area contributed by atoms with E-state index in [2.05, 4.69) is 19.2 Å². The number of rotatable bonds is 8. The fraction of sp³-hybridized carbons (Fsp3) is 0.667. The lowest BCUT2D eigenvalue weighted by molar-refractivity contribution is -0.380. The molecule has 1 N–H and O–H groups in total. The number of nitrogens with one attached hydrogen (secondary N) is 1. The summed E-state index contributed by atoms with van der Waals surface area (Å²) in [6.07, 6.45) is 3.68. The third-order valence-corrected chi connectivity index (χ3v) is 3.46. The highest BCUT2D eigenvalue weighted by atomic mass is 32.1. The van der Waals surface area contributed by atoms with Gasteiger partial charge in [-0.25, -0.2) is 0 Å². The van der Waals surface area contributed by atoms with Gasteiger partial charge in [0, 0.05) is 18.0 Å². The maximum Gasteiger partial charge on any atom is 0.324 e. The molecule has 0 atom stereocenters. The van der Waals surface area contributed by atoms with Gasteiger partial charge < -0.3 is 5.32 Å². The van der Waals surface area contributed by atoms with E-state index in [1.807, 2.05) is 5.38 Å². The molecule has 0 unspecified atom stereocenters. The first kappa shape index (κ1) is 14.1. The molecule has 1 aromatic rings. The molecule has 0 aliphatic heterocycles. The largest absolute Gasteiger partial charge is 0.324 e. The van der Waals surface area contributed by atoms with E-state index in [9.17, 15) is 10.1 Å². The molecule has 96 valence electrons. The van der Waals surface area contributed by atoms with Crippen LogP contribution in [0.4, 0.5) is 5.00 Å². The Hall–Kier alpha value is -0.940. The number of hydrogen-bond acceptors (Lipinski definition) is 4. The molecule has 1 heterocycles. The highest BCUT2D eigenvalue weighted by molar-refractivity contribution is 7.13. The summed E-state index contributed by atoms with van der Waals surface area (Å²) in [4.78, 5) is 10.2. The van der Waals surface area contributed by atoms with E-state index in [1.54, 1.807) is 6.07 Å². The van der Waals surface area contributed by atoms with E-state index in [-0.39, 0.29) is 9.92 Å². The van der Waals surface area contributed by atoms with Crippen LogP contribution in [0.25, 0.3) is 0 Å². The summed E-state index contributed by atoms with van der Waals surface area (Å²) < 4.78 is 0. The van der Waals surface area contributed by atoms with Crippen LogP contribution in [0.15, 0.2) is 11.4 Å². The van der Waals surface area contributed by atoms with Gasteiger partial charge in [-0.15, -0.1) is 0 Å². The molecule has 5 heteroatoms. The van der Waals surface area contributed by atoms with Crippen LogP contribution in [-0.4, -0.2) is 11.5 Å². The third-order valence-electron chi connectivity index (χ3n) is 2.53. The van der Waals surface area contributed by atoms with Gasteiger partial charge in [-0.3, -0.25) is 10.1 Å². The fourth-order valence-corrected chi connectivity index (χ4v) is 2.32. The van der Waals surface area contributed by atoms with Crippen molar-refractivity contribution >= 4 is 16.3 Å². The summed E-state index contributed by atoms with van der Waals surface area (Å²) in [7, 11) is 0. The number of hydrogen-bond donors (Lipinski definition) is 1. The van der Waals surface area contributed by atoms with Gasteiger partial charge in [-0.1, -0.05) is 38.0 Å². The van der Waals surface area contributed by atoms with Crippen LogP contribution < -0.4 is 5.32 Å². The average molecular weight is 256 g/mol. The second kappa shape index (κ2) is 7.40. The summed E-state index contributed by atoms with van der Waals surface area (Å²) in [5, 5.41) is 15.9. The van der Waals surface area contributed by atoms with Crippen molar-refractivity contribution in [2.75, 3.05) is 6.54 Å². The van der Waals surface area contributed by atoms with Gasteiger partial charge in [0.05, 0.1) is 4.92 Å². The Morgan fingerprint density at radius 2 is 2.24 bits per heavy atom. The number of unbranched alkanes of at least 4 members (excludes halogenated alkanes) is 1. The van der Waals surface area contributed by atoms with E-state index in [0.717, 1.165) is 24.6 Å². The maximum absolute atomic E-state index is 10.5. The van der Waals surface area contributed by atoms with Crippen LogP contribution in [0.2, 0.25) is 0 Å². The highest BCUT2D eigenvalue weighted by Crippen LogP contribution is 2.22. The molecule has 0 spiro atoms. The van der Waals surface area contributed by atoms with Crippen molar-refractivity contribution in [3.8, 4) is 0 Å². The lowest BCUT2D eigenvalue weighted by Crippen LogP contribution is -2.14. The predicted molar refractivity (Wildman–Crippen MR) is 71.4 cm³/mol. The minimum absolute atomic E-state index is 0.224. The quantitative estimate of drug-likeness (QED) is 0.439. The monoisotopic (exact) mass is 256 g/mol. The maximum atomic E-state index is 10.5. The SMILES string of the molecule is CC(C)CCCCNCc1csc([N+](=O)[O-])c1. The van der Waals surface area contributed by atoms with Crippen LogP contribution in [0.5, 0.6) is 0 Å². The van der Waals surface area contributed by atoms with Gasteiger partial charge in [0.1, 0.15) is 0 Å². The van der Waals surface area contributed by atoms with Crippen molar-refractivity contribution in [2.45, 2.75) is 39.7 Å². The molecule has 1 aromatic heterocycles. The van der Waals surface area contributed by atoms with E-state index < -0.39 is 0 Å². The third kappa shape index (κ3) is 5.79. The van der Waals surface area contributed by atoms with Gasteiger partial charge in [0.15, 0.2) is 0 Å². The molecule has 4 nitrogen and oxygen atoms in total. The smallest absolute Gasteiger partial charge is 0.313 e. The van der Waals surface area contributed by atoms with Gasteiger partial charge in [-0.2, -0.15) is 0 Å². The molecule has 0 fully saturated rings. The average Bonchev–Trinajstić information content (AvgIpc) is 2.71. The van der Waals surface area contributed by atoms with E-state index >= 15 is 0 Å². The summed E-state index contributed by atoms with van der Waals surface area (Å²) in [6, 6.07) is 1.64. The van der Waals surface area contributed by atoms with Crippen LogP contribution >= 0.6 is 11.3 Å². The zero-order chi connectivity index (χ0) is 12.7. The molecule has 17 heavy (non-hydrogen) atoms. The molecule has 0 aliphatic carbocycles. The van der Waals surface area contributed by atoms with Crippen molar-refractivity contribution in [1.82, 2.24) is 5.32 Å². The predicted octanol–water partition coefficient (Wildman–Crippen LogP) is 3.57. The Morgan fingerprint density at radius 1 is 1.47 bits per heavy atom. The van der Waals surface area contributed by atoms with Crippen LogP contribution in [0.1, 0.15) is 38.7 Å². The molecule has 0 amide bonds. The Labute approximate surface area is 106 Å². The zero-order valence-electron chi connectivity index (χ0n) is 10.4. The number of nitrogens with zero attached hydrogens (tertiary/aromatic N) is 1. The fourth-order valence-electron chi connectivity index (χ4n) is 1.59. The Kier molecular flexibility index (Phi) is 6.15. The molecule has 0 radical (unpaired) electrons. The Bertz CT molecular complexity index is 350. The normalized spacial score (nSPS) is 11.0. The molecule has 0 saturated heterocycles. The van der Waals surface area contributed by atoms with Gasteiger partial charge in [0.25, 0.3) is 0 Å². The lowest BCUT2D eigenvalue weighted by Gasteiger charge is -2.05. The first-order chi connectivity index (χ1) is 8.09. The molecule has 1 rings (SSSR count). The molecule has 0 aromatic carbocycles. The van der Waals surface area contributed by atoms with Crippen LogP contribution in [-0.2, 0) is 6.54 Å². The van der Waals surface area contributed by atoms with Gasteiger partial charge >= 0.3 is 5.00 Å². The van der Waals surface area contributed by atoms with E-state index in [0.29, 0.717) is 0 Å². The van der Waals surface area contributed by atoms with Gasteiger partial charge in [-0.05, 0) is 24.4 Å². The summed E-state index contributed by atoms with van der Waals surface area (Å²) in [5.41, 5.74) is 1.01. The van der Waals surface area contributed by atoms with Crippen molar-refractivity contribution in [3.63, 3.8) is 0 Å². The second-order valence-electron chi connectivity index (χ2n) is 4.62. The summed E-state index contributed by atoms with van der Waals surface area (Å²) in [6.45, 7) is 6.18. The molecule has 0 bridgehead atoms. The van der Waals surface area contributed by atoms with Crippen molar-refractivity contribution in [2.24, 2.45) is 5.92 Å². The zero-order valence-corrected chi connectivity index (χ0v) is 11.3. The Balaban J connectivity index is 2.11. The van der Waals surface area contributed by atoms with Crippen molar-refractivity contribution in [3.05, 3.63) is 27.1 Å². The first-order valence-electron chi connectivity index (χ1n) is 6.02. The second-order valence-corrected chi connectivity index (χ2v) is 5.51. The minimum atomic E-state index is -0.337. The standard InChI is InChI=1S/C12H20N2O2S/c1-10(2)5-3-4-6-13-8-11-7-12(14(15)16)17-9-11/h7,9-10,13H,3-6,8H2,1-2H3. The minimum Gasteiger partial charge on any atom is -0.313 e. The van der Waals surface area contributed by atoms with Crippen molar-refractivity contribution < 1.29 is 4.92 Å². The van der Waals surface area contributed by atoms with E-state index in [4.69, 9.17) is 0 Å². The molecular weight excluding hydrogens is 236 g/mol. The number of nitro groups is 1.